The molecule has 0 heterocycles. The largest absolute Gasteiger partial charge is 0.480 e. The van der Waals surface area contributed by atoms with E-state index < -0.39 is 12.0 Å². The van der Waals surface area contributed by atoms with Gasteiger partial charge in [-0.2, -0.15) is 11.8 Å². The highest BCUT2D eigenvalue weighted by Gasteiger charge is 2.28. The van der Waals surface area contributed by atoms with Gasteiger partial charge in [-0.3, -0.25) is 0 Å². The molecule has 1 aliphatic carbocycles. The molecule has 1 fully saturated rings. The Morgan fingerprint density at radius 2 is 1.95 bits per heavy atom. The molecular weight excluding hydrogens is 276 g/mol. The molecule has 116 valence electrons. The molecule has 0 aliphatic heterocycles. The van der Waals surface area contributed by atoms with Gasteiger partial charge in [-0.05, 0) is 49.5 Å². The van der Waals surface area contributed by atoms with E-state index in [4.69, 9.17) is 5.11 Å². The molecule has 20 heavy (non-hydrogen) atoms. The Kier molecular flexibility index (Phi) is 6.65. The molecule has 1 aliphatic rings. The van der Waals surface area contributed by atoms with E-state index in [0.29, 0.717) is 11.8 Å². The lowest BCUT2D eigenvalue weighted by Gasteiger charge is -2.34. The number of hydrogen-bond acceptors (Lipinski definition) is 3. The Morgan fingerprint density at radius 1 is 1.35 bits per heavy atom. The lowest BCUT2D eigenvalue weighted by Crippen LogP contribution is -2.50. The van der Waals surface area contributed by atoms with Crippen molar-refractivity contribution in [3.63, 3.8) is 0 Å². The quantitative estimate of drug-likeness (QED) is 0.704. The van der Waals surface area contributed by atoms with Crippen LogP contribution in [0.4, 0.5) is 4.79 Å². The number of rotatable bonds is 6. The zero-order valence-corrected chi connectivity index (χ0v) is 13.4. The summed E-state index contributed by atoms with van der Waals surface area (Å²) in [6, 6.07) is -0.997. The van der Waals surface area contributed by atoms with Gasteiger partial charge >= 0.3 is 12.0 Å². The van der Waals surface area contributed by atoms with Crippen molar-refractivity contribution in [3.05, 3.63) is 0 Å². The van der Waals surface area contributed by atoms with E-state index in [1.54, 1.807) is 11.8 Å². The summed E-state index contributed by atoms with van der Waals surface area (Å²) in [7, 11) is 0. The SMILES string of the molecule is CSCC[C@@H](NC(=O)NC1CCC(C)(C)CC1)C(=O)O. The van der Waals surface area contributed by atoms with E-state index in [9.17, 15) is 9.59 Å². The van der Waals surface area contributed by atoms with Crippen molar-refractivity contribution in [3.8, 4) is 0 Å². The van der Waals surface area contributed by atoms with Gasteiger partial charge in [-0.1, -0.05) is 13.8 Å². The molecule has 0 aromatic rings. The lowest BCUT2D eigenvalue weighted by molar-refractivity contribution is -0.139. The van der Waals surface area contributed by atoms with Crippen LogP contribution < -0.4 is 10.6 Å². The fraction of sp³-hybridized carbons (Fsp3) is 0.857. The van der Waals surface area contributed by atoms with Crippen LogP contribution in [0.5, 0.6) is 0 Å². The van der Waals surface area contributed by atoms with Crippen LogP contribution in [0.3, 0.4) is 0 Å². The number of nitrogens with one attached hydrogen (secondary N) is 2. The second-order valence-electron chi connectivity index (χ2n) is 6.23. The van der Waals surface area contributed by atoms with Gasteiger partial charge in [-0.15, -0.1) is 0 Å². The molecule has 6 heteroatoms. The summed E-state index contributed by atoms with van der Waals surface area (Å²) in [5.41, 5.74) is 0.358. The predicted molar refractivity (Wildman–Crippen MR) is 82.1 cm³/mol. The molecule has 0 aromatic carbocycles. The van der Waals surface area contributed by atoms with Crippen LogP contribution in [0.15, 0.2) is 0 Å². The van der Waals surface area contributed by atoms with Crippen molar-refractivity contribution in [2.75, 3.05) is 12.0 Å². The fourth-order valence-corrected chi connectivity index (χ4v) is 2.89. The van der Waals surface area contributed by atoms with E-state index in [2.05, 4.69) is 24.5 Å². The van der Waals surface area contributed by atoms with Crippen LogP contribution in [-0.2, 0) is 4.79 Å². The maximum absolute atomic E-state index is 11.9. The number of hydrogen-bond donors (Lipinski definition) is 3. The van der Waals surface area contributed by atoms with Crippen molar-refractivity contribution in [1.29, 1.82) is 0 Å². The van der Waals surface area contributed by atoms with Crippen LogP contribution in [0.25, 0.3) is 0 Å². The van der Waals surface area contributed by atoms with E-state index in [1.165, 1.54) is 0 Å². The molecule has 0 aromatic heterocycles. The van der Waals surface area contributed by atoms with Crippen LogP contribution in [0.2, 0.25) is 0 Å². The fourth-order valence-electron chi connectivity index (χ4n) is 2.42. The molecule has 0 saturated heterocycles. The first-order chi connectivity index (χ1) is 9.34. The van der Waals surface area contributed by atoms with E-state index in [1.807, 2.05) is 6.26 Å². The molecule has 3 N–H and O–H groups in total. The van der Waals surface area contributed by atoms with Crippen molar-refractivity contribution < 1.29 is 14.7 Å². The van der Waals surface area contributed by atoms with Crippen molar-refractivity contribution in [1.82, 2.24) is 10.6 Å². The highest BCUT2D eigenvalue weighted by molar-refractivity contribution is 7.98. The Bertz CT molecular complexity index is 337. The number of amides is 2. The normalized spacial score (nSPS) is 20.1. The highest BCUT2D eigenvalue weighted by atomic mass is 32.2. The van der Waals surface area contributed by atoms with Gasteiger partial charge in [0.05, 0.1) is 0 Å². The maximum atomic E-state index is 11.9. The maximum Gasteiger partial charge on any atom is 0.326 e. The Morgan fingerprint density at radius 3 is 2.45 bits per heavy atom. The third kappa shape index (κ3) is 6.03. The summed E-state index contributed by atoms with van der Waals surface area (Å²) in [5, 5.41) is 14.5. The standard InChI is InChI=1S/C14H26N2O3S/c1-14(2)7-4-10(5-8-14)15-13(19)16-11(12(17)18)6-9-20-3/h10-11H,4-9H2,1-3H3,(H,17,18)(H2,15,16,19)/t11-/m1/s1. The second kappa shape index (κ2) is 7.76. The predicted octanol–water partition coefficient (Wildman–Crippen LogP) is 2.46. The number of carbonyl (C=O) groups excluding carboxylic acids is 1. The molecule has 0 radical (unpaired) electrons. The number of thioether (sulfide) groups is 1. The number of carboxylic acids is 1. The summed E-state index contributed by atoms with van der Waals surface area (Å²) in [6.07, 6.45) is 6.47. The van der Waals surface area contributed by atoms with E-state index in [0.717, 1.165) is 31.4 Å². The van der Waals surface area contributed by atoms with Crippen LogP contribution >= 0.6 is 11.8 Å². The number of carboxylic acid groups (broad SMARTS) is 1. The third-order valence-electron chi connectivity index (χ3n) is 3.89. The van der Waals surface area contributed by atoms with Gasteiger partial charge in [0.15, 0.2) is 0 Å². The Hall–Kier alpha value is -0.910. The first kappa shape index (κ1) is 17.1. The van der Waals surface area contributed by atoms with Crippen molar-refractivity contribution in [2.45, 2.75) is 58.0 Å². The smallest absolute Gasteiger partial charge is 0.326 e. The Labute approximate surface area is 125 Å². The van der Waals surface area contributed by atoms with Crippen LogP contribution in [-0.4, -0.2) is 41.2 Å². The molecule has 0 unspecified atom stereocenters. The third-order valence-corrected chi connectivity index (χ3v) is 4.53. The number of aliphatic carboxylic acids is 1. The summed E-state index contributed by atoms with van der Waals surface area (Å²) in [5.74, 6) is -0.256. The summed E-state index contributed by atoms with van der Waals surface area (Å²) in [6.45, 7) is 4.48. The Balaban J connectivity index is 2.36. The molecular formula is C14H26N2O3S. The topological polar surface area (TPSA) is 78.4 Å². The summed E-state index contributed by atoms with van der Waals surface area (Å²) < 4.78 is 0. The molecule has 1 rings (SSSR count). The van der Waals surface area contributed by atoms with Gasteiger partial charge in [0.25, 0.3) is 0 Å². The highest BCUT2D eigenvalue weighted by Crippen LogP contribution is 2.34. The average molecular weight is 302 g/mol. The summed E-state index contributed by atoms with van der Waals surface area (Å²) >= 11 is 1.57. The molecule has 5 nitrogen and oxygen atoms in total. The average Bonchev–Trinajstić information content (AvgIpc) is 2.36. The minimum Gasteiger partial charge on any atom is -0.480 e. The van der Waals surface area contributed by atoms with Crippen molar-refractivity contribution in [2.24, 2.45) is 5.41 Å². The summed E-state index contributed by atoms with van der Waals surface area (Å²) in [4.78, 5) is 22.9. The molecule has 1 saturated carbocycles. The van der Waals surface area contributed by atoms with Gasteiger partial charge < -0.3 is 15.7 Å². The molecule has 0 bridgehead atoms. The van der Waals surface area contributed by atoms with E-state index >= 15 is 0 Å². The first-order valence-corrected chi connectivity index (χ1v) is 8.52. The van der Waals surface area contributed by atoms with Gasteiger partial charge in [0.1, 0.15) is 6.04 Å². The molecule has 0 spiro atoms. The first-order valence-electron chi connectivity index (χ1n) is 7.13. The molecule has 2 amide bonds. The second-order valence-corrected chi connectivity index (χ2v) is 7.21. The zero-order valence-electron chi connectivity index (χ0n) is 12.6. The van der Waals surface area contributed by atoms with Gasteiger partial charge in [-0.25, -0.2) is 9.59 Å². The van der Waals surface area contributed by atoms with E-state index in [-0.39, 0.29) is 12.1 Å². The lowest BCUT2D eigenvalue weighted by atomic mass is 9.76. The zero-order chi connectivity index (χ0) is 15.2. The van der Waals surface area contributed by atoms with Crippen molar-refractivity contribution >= 4 is 23.8 Å². The minimum atomic E-state index is -0.973. The van der Waals surface area contributed by atoms with Crippen LogP contribution in [0, 0.1) is 5.41 Å². The van der Waals surface area contributed by atoms with Gasteiger partial charge in [0.2, 0.25) is 0 Å². The molecule has 1 atom stereocenters. The van der Waals surface area contributed by atoms with Gasteiger partial charge in [0, 0.05) is 6.04 Å². The monoisotopic (exact) mass is 302 g/mol. The minimum absolute atomic E-state index is 0.165. The number of carbonyl (C=O) groups is 2. The van der Waals surface area contributed by atoms with Crippen LogP contribution in [0.1, 0.15) is 46.0 Å². The number of urea groups is 1.